The van der Waals surface area contributed by atoms with Crippen molar-refractivity contribution < 1.29 is 59.1 Å². The Balaban J connectivity index is 0.000000132. The van der Waals surface area contributed by atoms with Crippen LogP contribution in [0.25, 0.3) is 0 Å². The van der Waals surface area contributed by atoms with Gasteiger partial charge in [0.05, 0.1) is 98.5 Å². The van der Waals surface area contributed by atoms with E-state index in [0.29, 0.717) is 73.4 Å². The zero-order valence-electron chi connectivity index (χ0n) is 54.0. The van der Waals surface area contributed by atoms with Crippen LogP contribution < -0.4 is 45.6 Å². The molecule has 0 saturated heterocycles. The van der Waals surface area contributed by atoms with E-state index in [1.165, 1.54) is 14.2 Å². The molecule has 3 saturated carbocycles. The van der Waals surface area contributed by atoms with Gasteiger partial charge in [-0.2, -0.15) is 10.5 Å². The van der Waals surface area contributed by atoms with E-state index in [-0.39, 0.29) is 51.3 Å². The molecule has 502 valence electrons. The molecule has 0 spiro atoms. The summed E-state index contributed by atoms with van der Waals surface area (Å²) in [7, 11) is 4.59. The zero-order chi connectivity index (χ0) is 68.9. The molecule has 3 aliphatic carbocycles. The van der Waals surface area contributed by atoms with E-state index in [1.54, 1.807) is 92.8 Å². The predicted molar refractivity (Wildman–Crippen MR) is 364 cm³/mol. The van der Waals surface area contributed by atoms with Gasteiger partial charge >= 0.3 is 0 Å². The molecule has 3 aromatic heterocycles. The number of aliphatic hydroxyl groups is 6. The number of aliphatic hydroxyl groups excluding tert-OH is 3. The van der Waals surface area contributed by atoms with E-state index in [0.717, 1.165) is 26.7 Å². The van der Waals surface area contributed by atoms with E-state index < -0.39 is 75.0 Å². The molecule has 0 amide bonds. The van der Waals surface area contributed by atoms with Crippen molar-refractivity contribution in [2.45, 2.75) is 51.4 Å². The molecule has 6 aromatic carbocycles. The van der Waals surface area contributed by atoms with E-state index in [2.05, 4.69) is 43.0 Å². The lowest BCUT2D eigenvalue weighted by Crippen LogP contribution is -2.51. The highest BCUT2D eigenvalue weighted by molar-refractivity contribution is 9.10. The van der Waals surface area contributed by atoms with Gasteiger partial charge in [0.1, 0.15) is 51.3 Å². The minimum atomic E-state index is -1.62. The Kier molecular flexibility index (Phi) is 18.2. The van der Waals surface area contributed by atoms with Gasteiger partial charge in [0.2, 0.25) is 0 Å². The Hall–Kier alpha value is -9.33. The van der Waals surface area contributed by atoms with Gasteiger partial charge in [-0.25, -0.2) is 0 Å². The van der Waals surface area contributed by atoms with Gasteiger partial charge in [-0.15, -0.1) is 0 Å². The monoisotopic (exact) mass is 1380 g/mol. The van der Waals surface area contributed by atoms with Gasteiger partial charge < -0.3 is 76.3 Å². The fraction of sp³-hybridized carbons (Fsp3) is 0.312. The number of hydrogen-bond acceptors (Lipinski definition) is 20. The van der Waals surface area contributed by atoms with Crippen LogP contribution in [-0.4, -0.2) is 106 Å². The second kappa shape index (κ2) is 26.5. The molecule has 3 aliphatic heterocycles. The first-order chi connectivity index (χ1) is 47.6. The van der Waals surface area contributed by atoms with Crippen LogP contribution in [0, 0.1) is 58.2 Å². The number of nitrogens with two attached hydrogens (primary N) is 3. The average molecular weight is 1380 g/mol. The van der Waals surface area contributed by atoms with Crippen LogP contribution in [-0.2, 0) is 33.6 Å². The second-order valence-electron chi connectivity index (χ2n) is 25.6. The number of aromatic nitrogens is 3. The summed E-state index contributed by atoms with van der Waals surface area (Å²) in [5.41, 5.74) is 17.7. The number of halogens is 1. The van der Waals surface area contributed by atoms with Gasteiger partial charge in [-0.1, -0.05) is 143 Å². The molecule has 0 bridgehead atoms. The topological polar surface area (TPSA) is 341 Å². The molecule has 15 rings (SSSR count). The molecule has 12 N–H and O–H groups in total. The highest BCUT2D eigenvalue weighted by atomic mass is 79.9. The van der Waals surface area contributed by atoms with Crippen molar-refractivity contribution in [3.63, 3.8) is 0 Å². The molecule has 21 heteroatoms. The highest BCUT2D eigenvalue weighted by Crippen LogP contribution is 2.75. The summed E-state index contributed by atoms with van der Waals surface area (Å²) in [5, 5.41) is 88.6. The van der Waals surface area contributed by atoms with Gasteiger partial charge in [0.25, 0.3) is 0 Å². The Morgan fingerprint density at radius 2 is 0.684 bits per heavy atom. The first kappa shape index (κ1) is 67.2. The summed E-state index contributed by atoms with van der Waals surface area (Å²) in [6.45, 7) is -0.109. The Labute approximate surface area is 575 Å². The van der Waals surface area contributed by atoms with Crippen molar-refractivity contribution in [2.24, 2.45) is 52.7 Å². The minimum absolute atomic E-state index is 0.122. The van der Waals surface area contributed by atoms with Crippen molar-refractivity contribution in [3.05, 3.63) is 267 Å². The number of pyridine rings is 3. The normalized spacial score (nSPS) is 29.9. The van der Waals surface area contributed by atoms with Crippen molar-refractivity contribution in [2.75, 3.05) is 60.8 Å². The minimum Gasteiger partial charge on any atom is -0.495 e. The molecule has 15 atom stereocenters. The van der Waals surface area contributed by atoms with Crippen molar-refractivity contribution >= 4 is 15.9 Å². The van der Waals surface area contributed by atoms with E-state index >= 15 is 0 Å². The van der Waals surface area contributed by atoms with Crippen LogP contribution in [0.2, 0.25) is 0 Å². The molecule has 0 radical (unpaired) electrons. The third-order valence-electron chi connectivity index (χ3n) is 21.7. The molecule has 0 unspecified atom stereocenters. The SMILES string of the molecule is COc1cncc2c1[C@]1(O)[C@@H](CN)[C@H](CO)[C@@H](c3ccccc3)[C@]1(c1ccc(Br)cc1)O2.COc1cncc2c1[C@]1(O)[C@@H](CN)[C@H](CO)[C@@H](c3ccccc3)[C@]1(c1ccc(C#N)cc1)O2.COc1cncc2c1[C@]1(O)[C@@H](CN)[C@H](CO)[C@@H](c3ccccc3)[C@]1(c1ccc(C#N)cc1)O2. The lowest BCUT2D eigenvalue weighted by Gasteiger charge is -2.41. The molecular weight excluding hydrogens is 1310 g/mol. The molecule has 6 aliphatic rings. The predicted octanol–water partition coefficient (Wildman–Crippen LogP) is 8.15. The molecule has 20 nitrogen and oxygen atoms in total. The zero-order valence-corrected chi connectivity index (χ0v) is 55.6. The van der Waals surface area contributed by atoms with Crippen LogP contribution >= 0.6 is 15.9 Å². The lowest BCUT2D eigenvalue weighted by atomic mass is 9.70. The van der Waals surface area contributed by atoms with E-state index in [1.807, 2.05) is 115 Å². The van der Waals surface area contributed by atoms with Crippen molar-refractivity contribution in [1.82, 2.24) is 15.0 Å². The van der Waals surface area contributed by atoms with Crippen LogP contribution in [0.1, 0.15) is 79.0 Å². The van der Waals surface area contributed by atoms with Gasteiger partial charge in [-0.05, 0) is 89.4 Å². The van der Waals surface area contributed by atoms with Crippen molar-refractivity contribution in [3.8, 4) is 46.6 Å². The summed E-state index contributed by atoms with van der Waals surface area (Å²) in [5.74, 6) is -1.43. The summed E-state index contributed by atoms with van der Waals surface area (Å²) < 4.78 is 37.9. The number of nitrogens with zero attached hydrogens (tertiary/aromatic N) is 5. The van der Waals surface area contributed by atoms with Gasteiger partial charge in [-0.3, -0.25) is 15.0 Å². The highest BCUT2D eigenvalue weighted by Gasteiger charge is 2.79. The van der Waals surface area contributed by atoms with Crippen LogP contribution in [0.3, 0.4) is 0 Å². The summed E-state index contributed by atoms with van der Waals surface area (Å²) >= 11 is 3.51. The number of fused-ring (bicyclic) bond motifs is 9. The van der Waals surface area contributed by atoms with Crippen LogP contribution in [0.5, 0.6) is 34.5 Å². The largest absolute Gasteiger partial charge is 0.495 e. The Morgan fingerprint density at radius 1 is 0.418 bits per heavy atom. The average Bonchev–Trinajstić information content (AvgIpc) is 1.51. The maximum absolute atomic E-state index is 12.7. The second-order valence-corrected chi connectivity index (χ2v) is 26.5. The number of hydrogen-bond donors (Lipinski definition) is 9. The smallest absolute Gasteiger partial charge is 0.174 e. The van der Waals surface area contributed by atoms with Gasteiger partial charge in [0, 0.05) is 77.6 Å². The maximum atomic E-state index is 12.7. The fourth-order valence-electron chi connectivity index (χ4n) is 18.0. The number of methoxy groups -OCH3 is 3. The van der Waals surface area contributed by atoms with E-state index in [9.17, 15) is 41.2 Å². The fourth-order valence-corrected chi connectivity index (χ4v) is 18.3. The number of ether oxygens (including phenoxy) is 6. The first-order valence-electron chi connectivity index (χ1n) is 32.3. The Bertz CT molecular complexity index is 4250. The molecule has 3 fully saturated rings. The number of nitriles is 2. The third kappa shape index (κ3) is 9.51. The number of rotatable bonds is 15. The summed E-state index contributed by atoms with van der Waals surface area (Å²) in [6, 6.07) is 55.4. The number of benzene rings is 6. The quantitative estimate of drug-likeness (QED) is 0.0467. The standard InChI is InChI=1S/2C26H25N3O4.C25H25BrN2O4/c2*1-32-21-13-29-14-22-24(21)25(31)20(12-28)19(15-30)23(17-5-3-2-4-6-17)26(25,33-22)18-9-7-16(11-27)8-10-18;1-31-20-12-28-13-21-23(20)24(30)19(11-27)18(14-29)22(15-5-3-2-4-6-15)25(24,32-21)16-7-9-17(26)10-8-16/h2*2-10,13-14,19-20,23,30-31H,12,15,28H2,1H3;2-10,12-13,18-19,22,29-30H,11,14,27H2,1H3/t2*19-,20-,23+,25+,26-;18-,19-,22+,24+,25-/m000/s1. The van der Waals surface area contributed by atoms with Crippen LogP contribution in [0.4, 0.5) is 0 Å². The summed E-state index contributed by atoms with van der Waals surface area (Å²) in [4.78, 5) is 12.7. The van der Waals surface area contributed by atoms with Gasteiger partial charge in [0.15, 0.2) is 16.8 Å². The van der Waals surface area contributed by atoms with Crippen molar-refractivity contribution in [1.29, 1.82) is 10.5 Å². The third-order valence-corrected chi connectivity index (χ3v) is 22.3. The van der Waals surface area contributed by atoms with Crippen LogP contribution in [0.15, 0.2) is 205 Å². The molecule has 6 heterocycles. The first-order valence-corrected chi connectivity index (χ1v) is 33.1. The molecule has 98 heavy (non-hydrogen) atoms. The maximum Gasteiger partial charge on any atom is 0.174 e. The van der Waals surface area contributed by atoms with E-state index in [4.69, 9.17) is 45.6 Å². The summed E-state index contributed by atoms with van der Waals surface area (Å²) in [6.07, 6.45) is 9.43. The lowest BCUT2D eigenvalue weighted by molar-refractivity contribution is -0.127. The molecule has 9 aromatic rings. The Morgan fingerprint density at radius 3 is 0.918 bits per heavy atom. The molecular formula is C77H75BrN8O12.